The molecule has 0 spiro atoms. The van der Waals surface area contributed by atoms with Crippen molar-refractivity contribution in [2.75, 3.05) is 45.9 Å². The van der Waals surface area contributed by atoms with Gasteiger partial charge in [-0.2, -0.15) is 0 Å². The van der Waals surface area contributed by atoms with Crippen LogP contribution in [-0.4, -0.2) is 102 Å². The molecule has 0 radical (unpaired) electrons. The van der Waals surface area contributed by atoms with E-state index in [0.717, 1.165) is 24.0 Å². The number of rotatable bonds is 4. The molecule has 4 aliphatic heterocycles. The summed E-state index contributed by atoms with van der Waals surface area (Å²) in [4.78, 5) is 59.9. The van der Waals surface area contributed by atoms with E-state index in [9.17, 15) is 19.2 Å². The third kappa shape index (κ3) is 6.64. The molecule has 0 unspecified atom stereocenters. The molecule has 4 heterocycles. The van der Waals surface area contributed by atoms with Gasteiger partial charge in [0.15, 0.2) is 0 Å². The Morgan fingerprint density at radius 3 is 2.48 bits per heavy atom. The van der Waals surface area contributed by atoms with Gasteiger partial charge in [0.1, 0.15) is 6.04 Å². The van der Waals surface area contributed by atoms with Crippen LogP contribution in [0.1, 0.15) is 62.5 Å². The lowest BCUT2D eigenvalue weighted by Crippen LogP contribution is -2.50. The van der Waals surface area contributed by atoms with Crippen LogP contribution < -0.4 is 10.6 Å². The summed E-state index contributed by atoms with van der Waals surface area (Å²) in [7, 11) is 0. The van der Waals surface area contributed by atoms with E-state index in [1.807, 2.05) is 34.1 Å². The average Bonchev–Trinajstić information content (AvgIpc) is 3.68. The Bertz CT molecular complexity index is 1160. The lowest BCUT2D eigenvalue weighted by Gasteiger charge is -2.40. The van der Waals surface area contributed by atoms with Crippen LogP contribution in [0.4, 0.5) is 0 Å². The minimum Gasteiger partial charge on any atom is -0.378 e. The molecule has 2 bridgehead atoms. The van der Waals surface area contributed by atoms with E-state index in [0.29, 0.717) is 77.8 Å². The Morgan fingerprint density at radius 1 is 0.929 bits per heavy atom. The first-order valence-corrected chi connectivity index (χ1v) is 16.0. The zero-order valence-electron chi connectivity index (χ0n) is 24.6. The molecule has 228 valence electrons. The summed E-state index contributed by atoms with van der Waals surface area (Å²) >= 11 is 0. The van der Waals surface area contributed by atoms with Gasteiger partial charge in [0.2, 0.25) is 23.6 Å². The number of fused-ring (bicyclic) bond motifs is 4. The van der Waals surface area contributed by atoms with Crippen LogP contribution in [-0.2, 0) is 36.9 Å². The molecule has 4 fully saturated rings. The number of nitrogens with zero attached hydrogens (tertiary/aromatic N) is 3. The molecule has 5 aliphatic rings. The second-order valence-electron chi connectivity index (χ2n) is 12.9. The van der Waals surface area contributed by atoms with Gasteiger partial charge in [-0.05, 0) is 48.6 Å². The highest BCUT2D eigenvalue weighted by Crippen LogP contribution is 2.33. The monoisotopic (exact) mass is 579 g/mol. The van der Waals surface area contributed by atoms with Crippen molar-refractivity contribution in [1.29, 1.82) is 0 Å². The molecule has 1 aromatic rings. The van der Waals surface area contributed by atoms with Gasteiger partial charge in [-0.15, -0.1) is 0 Å². The highest BCUT2D eigenvalue weighted by Gasteiger charge is 2.43. The van der Waals surface area contributed by atoms with Crippen molar-refractivity contribution in [1.82, 2.24) is 25.3 Å². The number of amides is 4. The maximum absolute atomic E-state index is 14.0. The smallest absolute Gasteiger partial charge is 0.243 e. The molecule has 1 aromatic carbocycles. The minimum atomic E-state index is -0.527. The van der Waals surface area contributed by atoms with Crippen LogP contribution >= 0.6 is 0 Å². The molecular formula is C32H45N5O5. The van der Waals surface area contributed by atoms with Crippen LogP contribution in [0.15, 0.2) is 24.3 Å². The van der Waals surface area contributed by atoms with Crippen molar-refractivity contribution in [3.63, 3.8) is 0 Å². The fourth-order valence-corrected chi connectivity index (χ4v) is 7.70. The molecule has 0 aromatic heterocycles. The van der Waals surface area contributed by atoms with Gasteiger partial charge in [0, 0.05) is 64.2 Å². The summed E-state index contributed by atoms with van der Waals surface area (Å²) in [5, 5.41) is 6.83. The maximum Gasteiger partial charge on any atom is 0.243 e. The van der Waals surface area contributed by atoms with Crippen LogP contribution in [0.3, 0.4) is 0 Å². The fraction of sp³-hybridized carbons (Fsp3) is 0.688. The maximum atomic E-state index is 14.0. The third-order valence-electron chi connectivity index (χ3n) is 10.1. The summed E-state index contributed by atoms with van der Waals surface area (Å²) < 4.78 is 5.43. The Balaban J connectivity index is 1.25. The third-order valence-corrected chi connectivity index (χ3v) is 10.1. The van der Waals surface area contributed by atoms with Crippen molar-refractivity contribution in [2.24, 2.45) is 11.8 Å². The quantitative estimate of drug-likeness (QED) is 0.559. The number of hydrogen-bond donors (Lipinski definition) is 2. The topological polar surface area (TPSA) is 111 Å². The second-order valence-corrected chi connectivity index (χ2v) is 12.9. The SMILES string of the molecule is O=C1NCc2ccccc2CC(=O)N2CC[C@@H](CC(=O)N3CCOCC3)[C@@H](CC(=O)N3C[C@@H](NC4CCCC4)C[C@@H]13)C2. The number of ether oxygens (including phenoxy) is 1. The molecule has 4 atom stereocenters. The number of piperidine rings is 1. The van der Waals surface area contributed by atoms with Crippen LogP contribution in [0.25, 0.3) is 0 Å². The van der Waals surface area contributed by atoms with Gasteiger partial charge < -0.3 is 30.1 Å². The van der Waals surface area contributed by atoms with Gasteiger partial charge in [0.05, 0.1) is 19.6 Å². The molecule has 10 heteroatoms. The van der Waals surface area contributed by atoms with E-state index >= 15 is 0 Å². The molecule has 3 saturated heterocycles. The van der Waals surface area contributed by atoms with Crippen molar-refractivity contribution < 1.29 is 23.9 Å². The second kappa shape index (κ2) is 13.1. The molecule has 2 N–H and O–H groups in total. The van der Waals surface area contributed by atoms with Crippen LogP contribution in [0.2, 0.25) is 0 Å². The van der Waals surface area contributed by atoms with E-state index in [1.165, 1.54) is 12.8 Å². The van der Waals surface area contributed by atoms with Gasteiger partial charge in [0.25, 0.3) is 0 Å². The van der Waals surface area contributed by atoms with Crippen molar-refractivity contribution >= 4 is 23.6 Å². The summed E-state index contributed by atoms with van der Waals surface area (Å²) in [6, 6.07) is 7.79. The first-order valence-electron chi connectivity index (χ1n) is 16.0. The Hall–Kier alpha value is -2.98. The Morgan fingerprint density at radius 2 is 1.69 bits per heavy atom. The molecule has 42 heavy (non-hydrogen) atoms. The number of carbonyl (C=O) groups excluding carboxylic acids is 4. The Kier molecular flexibility index (Phi) is 9.09. The molecule has 1 aliphatic carbocycles. The molecule has 4 amide bonds. The highest BCUT2D eigenvalue weighted by atomic mass is 16.5. The number of benzene rings is 1. The highest BCUT2D eigenvalue weighted by molar-refractivity contribution is 5.89. The molecule has 6 rings (SSSR count). The number of hydrogen-bond acceptors (Lipinski definition) is 6. The van der Waals surface area contributed by atoms with Gasteiger partial charge in [-0.3, -0.25) is 19.2 Å². The number of carbonyl (C=O) groups is 4. The van der Waals surface area contributed by atoms with E-state index in [-0.39, 0.29) is 54.3 Å². The summed E-state index contributed by atoms with van der Waals surface area (Å²) in [5.74, 6) is -0.183. The summed E-state index contributed by atoms with van der Waals surface area (Å²) in [5.41, 5.74) is 1.84. The van der Waals surface area contributed by atoms with Crippen LogP contribution in [0, 0.1) is 11.8 Å². The van der Waals surface area contributed by atoms with E-state index in [1.54, 1.807) is 4.90 Å². The average molecular weight is 580 g/mol. The molecule has 1 saturated carbocycles. The zero-order chi connectivity index (χ0) is 29.1. The van der Waals surface area contributed by atoms with Gasteiger partial charge in [-0.25, -0.2) is 0 Å². The first kappa shape index (κ1) is 29.1. The predicted octanol–water partition coefficient (Wildman–Crippen LogP) is 1.46. The van der Waals surface area contributed by atoms with Crippen molar-refractivity contribution in [3.8, 4) is 0 Å². The zero-order valence-corrected chi connectivity index (χ0v) is 24.6. The number of nitrogens with one attached hydrogen (secondary N) is 2. The fourth-order valence-electron chi connectivity index (χ4n) is 7.70. The predicted molar refractivity (Wildman–Crippen MR) is 156 cm³/mol. The van der Waals surface area contributed by atoms with Gasteiger partial charge >= 0.3 is 0 Å². The Labute approximate surface area is 248 Å². The van der Waals surface area contributed by atoms with E-state index in [2.05, 4.69) is 10.6 Å². The molecule has 10 nitrogen and oxygen atoms in total. The van der Waals surface area contributed by atoms with Crippen molar-refractivity contribution in [3.05, 3.63) is 35.4 Å². The largest absolute Gasteiger partial charge is 0.378 e. The van der Waals surface area contributed by atoms with E-state index < -0.39 is 6.04 Å². The van der Waals surface area contributed by atoms with Crippen LogP contribution in [0.5, 0.6) is 0 Å². The number of morpholine rings is 1. The standard InChI is InChI=1S/C32H45N5O5/c38-29(35-11-13-42-14-12-35)16-23-9-10-36-20-25(23)17-31(40)37-21-27(34-26-7-3-4-8-26)18-28(37)32(41)33-19-24-6-2-1-5-22(24)15-30(36)39/h1-2,5-6,23,25-28,34H,3-4,7-21H2,(H,33,41)/t23-,25-,27-,28-/m0/s1. The lowest BCUT2D eigenvalue weighted by molar-refractivity contribution is -0.143. The first-order chi connectivity index (χ1) is 20.4. The van der Waals surface area contributed by atoms with E-state index in [4.69, 9.17) is 4.74 Å². The summed E-state index contributed by atoms with van der Waals surface area (Å²) in [6.45, 7) is 4.18. The minimum absolute atomic E-state index is 0.0100. The van der Waals surface area contributed by atoms with Crippen molar-refractivity contribution in [2.45, 2.75) is 82.5 Å². The van der Waals surface area contributed by atoms with Gasteiger partial charge in [-0.1, -0.05) is 37.1 Å². The normalized spacial score (nSPS) is 29.6. The lowest BCUT2D eigenvalue weighted by atomic mass is 9.80. The molecular weight excluding hydrogens is 534 g/mol. The summed E-state index contributed by atoms with van der Waals surface area (Å²) in [6.07, 6.45) is 6.88.